The summed E-state index contributed by atoms with van der Waals surface area (Å²) in [5.74, 6) is 1.24. The van der Waals surface area contributed by atoms with E-state index in [1.807, 2.05) is 0 Å². The van der Waals surface area contributed by atoms with Crippen molar-refractivity contribution in [3.63, 3.8) is 0 Å². The van der Waals surface area contributed by atoms with Gasteiger partial charge in [0, 0.05) is 74.1 Å². The Hall–Kier alpha value is -12.0. The van der Waals surface area contributed by atoms with Gasteiger partial charge >= 0.3 is 12.2 Å². The number of pyridine rings is 2. The Morgan fingerprint density at radius 2 is 0.967 bits per heavy atom. The topological polar surface area (TPSA) is 434 Å². The predicted octanol–water partition coefficient (Wildman–Crippen LogP) is 12.0. The lowest BCUT2D eigenvalue weighted by atomic mass is 10.1. The highest BCUT2D eigenvalue weighted by molar-refractivity contribution is 8.77. The lowest BCUT2D eigenvalue weighted by Gasteiger charge is -2.31. The first-order valence-corrected chi connectivity index (χ1v) is 43.3. The van der Waals surface area contributed by atoms with Crippen LogP contribution in [0.4, 0.5) is 43.7 Å². The molecule has 8 amide bonds. The molecule has 40 heteroatoms. The van der Waals surface area contributed by atoms with E-state index in [0.717, 1.165) is 27.2 Å². The summed E-state index contributed by atoms with van der Waals surface area (Å²) in [6.45, 7) is 17.8. The molecule has 122 heavy (non-hydrogen) atoms. The number of aliphatic hydroxyl groups excluding tert-OH is 2. The van der Waals surface area contributed by atoms with E-state index in [4.69, 9.17) is 47.4 Å². The summed E-state index contributed by atoms with van der Waals surface area (Å²) < 4.78 is 57.6. The molecular formula is C82H90N12O24S4. The number of nitrogens with one attached hydrogen (secondary N) is 3. The summed E-state index contributed by atoms with van der Waals surface area (Å²) in [7, 11) is 11.0. The number of fused-ring (bicyclic) bond motifs is 6. The SMILES string of the molecule is C=C1C[C@@H](CO)N(C(=O)c2cc(OC)c(OCCCCCOc3cc4c(cc3OC)C(=O)N3CC(=C)C[C@H]3C(=O)N4)cc2NC(=O)OCCSSc2ccc([N+](=O)[O-])cn2)C1.C=C1C[C@H]2C(=O)Nc3cc(OCCCCCOc4cc5c(cc4OC)C(=O)N4CC(=C)C[C@H]4[C@H](O)N5C(=O)OCCSSc4ccc([N+](=O)[O-])cn4)c(OC)cc3C(=O)N2C1. The van der Waals surface area contributed by atoms with Crippen LogP contribution in [0.1, 0.15) is 106 Å². The number of nitrogens with zero attached hydrogens (tertiary/aromatic N) is 9. The summed E-state index contributed by atoms with van der Waals surface area (Å²) in [4.78, 5) is 143. The number of carbonyl (C=O) groups excluding carboxylic acids is 8. The number of likely N-dealkylation sites (tertiary alicyclic amines) is 1. The molecule has 0 saturated carbocycles. The fraction of sp³-hybridized carbons (Fsp3) is 0.390. The van der Waals surface area contributed by atoms with Crippen molar-refractivity contribution in [1.82, 2.24) is 29.6 Å². The van der Waals surface area contributed by atoms with Crippen molar-refractivity contribution in [3.05, 3.63) is 176 Å². The summed E-state index contributed by atoms with van der Waals surface area (Å²) in [6.07, 6.45) is 4.56. The van der Waals surface area contributed by atoms with Crippen LogP contribution in [0.2, 0.25) is 0 Å². The van der Waals surface area contributed by atoms with Crippen molar-refractivity contribution in [3.8, 4) is 46.0 Å². The Morgan fingerprint density at radius 3 is 1.43 bits per heavy atom. The van der Waals surface area contributed by atoms with E-state index in [-0.39, 0.29) is 133 Å². The molecule has 5 atom stereocenters. The van der Waals surface area contributed by atoms with Crippen LogP contribution in [0, 0.1) is 20.2 Å². The fourth-order valence-corrected chi connectivity index (χ4v) is 17.9. The molecular weight excluding hydrogens is 1670 g/mol. The number of carbonyl (C=O) groups is 8. The number of rotatable bonds is 35. The van der Waals surface area contributed by atoms with Gasteiger partial charge in [0.05, 0.1) is 128 Å². The van der Waals surface area contributed by atoms with Crippen molar-refractivity contribution in [2.75, 3.05) is 133 Å². The fourth-order valence-electron chi connectivity index (χ4n) is 14.5. The average molecular weight is 1760 g/mol. The van der Waals surface area contributed by atoms with Gasteiger partial charge in [0.1, 0.15) is 47.7 Å². The quantitative estimate of drug-likeness (QED) is 0.00811. The minimum absolute atomic E-state index is 0.00691. The van der Waals surface area contributed by atoms with Crippen molar-refractivity contribution >= 4 is 125 Å². The Kier molecular flexibility index (Phi) is 30.0. The Morgan fingerprint density at radius 1 is 0.533 bits per heavy atom. The minimum atomic E-state index is -1.46. The second-order valence-electron chi connectivity index (χ2n) is 28.8. The first kappa shape index (κ1) is 89.3. The van der Waals surface area contributed by atoms with Crippen LogP contribution in [-0.2, 0) is 19.1 Å². The third-order valence-electron chi connectivity index (χ3n) is 20.5. The maximum absolute atomic E-state index is 13.9. The van der Waals surface area contributed by atoms with Gasteiger partial charge in [0.25, 0.3) is 35.0 Å². The number of amides is 8. The minimum Gasteiger partial charge on any atom is -0.493 e. The molecule has 4 aromatic carbocycles. The molecule has 6 aromatic rings. The molecule has 36 nitrogen and oxygen atoms in total. The molecule has 13 rings (SSSR count). The Labute approximate surface area is 716 Å². The molecule has 4 saturated heterocycles. The van der Waals surface area contributed by atoms with Gasteiger partial charge in [0.2, 0.25) is 11.8 Å². The van der Waals surface area contributed by atoms with Gasteiger partial charge in [-0.05, 0) is 122 Å². The van der Waals surface area contributed by atoms with Crippen molar-refractivity contribution in [1.29, 1.82) is 0 Å². The highest BCUT2D eigenvalue weighted by Crippen LogP contribution is 2.45. The summed E-state index contributed by atoms with van der Waals surface area (Å²) >= 11 is 0. The van der Waals surface area contributed by atoms with Gasteiger partial charge in [0.15, 0.2) is 52.2 Å². The number of nitro groups is 2. The summed E-state index contributed by atoms with van der Waals surface area (Å²) in [6, 6.07) is 15.6. The highest BCUT2D eigenvalue weighted by Gasteiger charge is 2.48. The number of anilines is 4. The van der Waals surface area contributed by atoms with Crippen LogP contribution in [0.5, 0.6) is 46.0 Å². The molecule has 9 heterocycles. The molecule has 5 N–H and O–H groups in total. The lowest BCUT2D eigenvalue weighted by Crippen LogP contribution is -2.51. The second kappa shape index (κ2) is 41.1. The lowest BCUT2D eigenvalue weighted by molar-refractivity contribution is -0.385. The maximum atomic E-state index is 13.9. The summed E-state index contributed by atoms with van der Waals surface area (Å²) in [5.41, 5.74) is 4.69. The van der Waals surface area contributed by atoms with E-state index >= 15 is 0 Å². The van der Waals surface area contributed by atoms with Gasteiger partial charge in [-0.1, -0.05) is 70.2 Å². The number of hydrogen-bond donors (Lipinski definition) is 5. The van der Waals surface area contributed by atoms with E-state index < -0.39 is 64.2 Å². The first-order valence-electron chi connectivity index (χ1n) is 38.7. The third kappa shape index (κ3) is 21.1. The number of aromatic nitrogens is 2. The van der Waals surface area contributed by atoms with Crippen molar-refractivity contribution < 1.29 is 106 Å². The zero-order valence-electron chi connectivity index (χ0n) is 67.1. The third-order valence-corrected chi connectivity index (χ3v) is 25.0. The zero-order chi connectivity index (χ0) is 87.0. The van der Waals surface area contributed by atoms with E-state index in [1.165, 1.54) is 152 Å². The smallest absolute Gasteiger partial charge is 0.416 e. The van der Waals surface area contributed by atoms with Crippen molar-refractivity contribution in [2.24, 2.45) is 0 Å². The number of aliphatic hydroxyl groups is 2. The van der Waals surface area contributed by atoms with Crippen LogP contribution in [-0.4, -0.2) is 240 Å². The number of ether oxygens (including phenoxy) is 10. The Bertz CT molecular complexity index is 5060. The molecule has 0 bridgehead atoms. The van der Waals surface area contributed by atoms with Crippen LogP contribution in [0.3, 0.4) is 0 Å². The number of benzene rings is 4. The largest absolute Gasteiger partial charge is 0.493 e. The molecule has 4 fully saturated rings. The molecule has 2 aromatic heterocycles. The van der Waals surface area contributed by atoms with Gasteiger partial charge in [-0.15, -0.1) is 0 Å². The molecule has 0 radical (unpaired) electrons. The van der Waals surface area contributed by atoms with Gasteiger partial charge in [-0.2, -0.15) is 0 Å². The molecule has 646 valence electrons. The monoisotopic (exact) mass is 1750 g/mol. The van der Waals surface area contributed by atoms with Crippen molar-refractivity contribution in [2.45, 2.75) is 105 Å². The zero-order valence-corrected chi connectivity index (χ0v) is 70.4. The Balaban J connectivity index is 0.000000223. The van der Waals surface area contributed by atoms with Gasteiger partial charge < -0.3 is 87.8 Å². The number of hydrogen-bond acceptors (Lipinski definition) is 30. The van der Waals surface area contributed by atoms with Gasteiger partial charge in [-0.25, -0.2) is 24.5 Å². The average Bonchev–Trinajstić information content (AvgIpc) is 1.56. The number of unbranched alkanes of at least 4 members (excludes halogenated alkanes) is 4. The molecule has 0 spiro atoms. The van der Waals surface area contributed by atoms with Crippen LogP contribution < -0.4 is 58.7 Å². The maximum Gasteiger partial charge on any atom is 0.416 e. The second-order valence-corrected chi connectivity index (χ2v) is 33.7. The van der Waals surface area contributed by atoms with E-state index in [9.17, 15) is 68.8 Å². The van der Waals surface area contributed by atoms with Crippen LogP contribution in [0.15, 0.2) is 144 Å². The standard InChI is InChI=1S/C41H44N6O12S2.C41H46N6O12S2/c1-23-14-30-37(48)43-28-18-34(32(55-3)16-26(28)38(49)44(30)21-23)57-10-6-5-7-11-58-35-19-29-27(17-33(35)56-4)39(50)45-22-24(2)15-31(45)40(51)46(29)41(52)59-12-13-60-61-36-9-8-25(20-42-36)47(53)54;1-24-14-27(23-48)45(21-24)39(50)29-17-34(56-4)36(19-31(29)44-41(52)59-12-13-60-61-37-9-8-26(20-42-37)47(53)54)58-11-7-5-6-10-57-35-18-30-28(16-33(35)55-3)40(51)46-22-25(2)15-32(46)38(49)43-30/h8-9,16-20,30-31,40,51H,1-2,5-7,10-15,21-22H2,3-4H3,(H,43,48);8-9,16-20,27,32,48H,1-2,5-7,10-15,21-23H2,3-4H3,(H,43,49)(H,44,52)/t30-,31-,40-;27-,32-/m00/s1. The first-order chi connectivity index (χ1) is 58.8. The summed E-state index contributed by atoms with van der Waals surface area (Å²) in [5, 5.41) is 52.9. The highest BCUT2D eigenvalue weighted by atomic mass is 33.1. The van der Waals surface area contributed by atoms with Gasteiger partial charge in [-0.3, -0.25) is 54.3 Å². The van der Waals surface area contributed by atoms with Crippen LogP contribution >= 0.6 is 43.2 Å². The normalized spacial score (nSPS) is 18.1. The predicted molar refractivity (Wildman–Crippen MR) is 454 cm³/mol. The van der Waals surface area contributed by atoms with E-state index in [0.29, 0.717) is 151 Å². The van der Waals surface area contributed by atoms with Crippen LogP contribution in [0.25, 0.3) is 0 Å². The molecule has 7 aliphatic heterocycles. The molecule has 7 aliphatic rings. The molecule has 0 unspecified atom stereocenters. The number of methoxy groups -OCH3 is 4. The van der Waals surface area contributed by atoms with E-state index in [2.05, 4.69) is 52.2 Å². The van der Waals surface area contributed by atoms with E-state index in [1.54, 1.807) is 24.3 Å². The molecule has 0 aliphatic carbocycles.